The van der Waals surface area contributed by atoms with Gasteiger partial charge in [0.1, 0.15) is 0 Å². The van der Waals surface area contributed by atoms with Crippen LogP contribution in [0.15, 0.2) is 11.5 Å². The van der Waals surface area contributed by atoms with Gasteiger partial charge in [-0.05, 0) is 11.8 Å². The molecule has 2 nitrogen and oxygen atoms in total. The summed E-state index contributed by atoms with van der Waals surface area (Å²) in [6.07, 6.45) is 4.02. The van der Waals surface area contributed by atoms with Gasteiger partial charge in [0.25, 0.3) is 0 Å². The lowest BCUT2D eigenvalue weighted by atomic mass is 10.2. The van der Waals surface area contributed by atoms with Gasteiger partial charge in [-0.1, -0.05) is 6.08 Å². The van der Waals surface area contributed by atoms with Crippen molar-refractivity contribution in [2.75, 3.05) is 13.1 Å². The van der Waals surface area contributed by atoms with Crippen LogP contribution in [0.25, 0.3) is 0 Å². The highest BCUT2D eigenvalue weighted by atomic mass is 32.2. The van der Waals surface area contributed by atoms with Gasteiger partial charge in [0.2, 0.25) is 0 Å². The van der Waals surface area contributed by atoms with Gasteiger partial charge in [-0.3, -0.25) is 10.6 Å². The molecule has 0 aromatic carbocycles. The molecule has 1 fully saturated rings. The first-order chi connectivity index (χ1) is 4.97. The quantitative estimate of drug-likeness (QED) is 0.579. The number of nitrogens with one attached hydrogen (secondary N) is 2. The van der Waals surface area contributed by atoms with Crippen molar-refractivity contribution in [2.24, 2.45) is 0 Å². The number of hydrogen-bond donors (Lipinski definition) is 2. The van der Waals surface area contributed by atoms with Crippen LogP contribution in [0.5, 0.6) is 0 Å². The van der Waals surface area contributed by atoms with Gasteiger partial charge in [-0.25, -0.2) is 0 Å². The monoisotopic (exact) mass is 156 g/mol. The minimum absolute atomic E-state index is 0.556. The molecule has 1 unspecified atom stereocenters. The Hall–Kier alpha value is 0.01000. The Kier molecular flexibility index (Phi) is 1.97. The highest BCUT2D eigenvalue weighted by Crippen LogP contribution is 2.26. The van der Waals surface area contributed by atoms with E-state index in [0.29, 0.717) is 6.17 Å². The largest absolute Gasteiger partial charge is 0.300 e. The number of allylic oxidation sites excluding steroid dienone is 1. The summed E-state index contributed by atoms with van der Waals surface area (Å²) >= 11 is 1.93. The van der Waals surface area contributed by atoms with Gasteiger partial charge in [0, 0.05) is 18.3 Å². The average molecular weight is 156 g/mol. The molecule has 0 radical (unpaired) electrons. The summed E-state index contributed by atoms with van der Waals surface area (Å²) < 4.78 is 0. The fourth-order valence-corrected chi connectivity index (χ4v) is 2.40. The third kappa shape index (κ3) is 1.21. The van der Waals surface area contributed by atoms with E-state index in [2.05, 4.69) is 22.1 Å². The van der Waals surface area contributed by atoms with Gasteiger partial charge in [-0.2, -0.15) is 0 Å². The number of thioether (sulfide) groups is 1. The minimum Gasteiger partial charge on any atom is -0.300 e. The molecule has 1 atom stereocenters. The maximum absolute atomic E-state index is 3.43. The van der Waals surface area contributed by atoms with Crippen LogP contribution in [0.2, 0.25) is 0 Å². The Morgan fingerprint density at radius 1 is 1.30 bits per heavy atom. The van der Waals surface area contributed by atoms with Crippen molar-refractivity contribution in [1.29, 1.82) is 0 Å². The molecule has 0 amide bonds. The molecule has 0 saturated carbocycles. The van der Waals surface area contributed by atoms with E-state index in [-0.39, 0.29) is 0 Å². The Bertz CT molecular complexity index is 133. The maximum Gasteiger partial charge on any atom is 0.0701 e. The molecule has 0 aromatic rings. The lowest BCUT2D eigenvalue weighted by Gasteiger charge is -2.17. The summed E-state index contributed by atoms with van der Waals surface area (Å²) in [6, 6.07) is 0. The molecule has 0 bridgehead atoms. The maximum atomic E-state index is 3.43. The molecule has 2 aliphatic rings. The third-order valence-corrected chi connectivity index (χ3v) is 3.11. The predicted molar refractivity (Wildman–Crippen MR) is 44.9 cm³/mol. The summed E-state index contributed by atoms with van der Waals surface area (Å²) in [5.41, 5.74) is 0. The van der Waals surface area contributed by atoms with Gasteiger partial charge in [0.15, 0.2) is 0 Å². The van der Waals surface area contributed by atoms with E-state index in [9.17, 15) is 0 Å². The zero-order valence-corrected chi connectivity index (χ0v) is 6.66. The average Bonchev–Trinajstić information content (AvgIpc) is 2.59. The first kappa shape index (κ1) is 6.70. The molecule has 2 rings (SSSR count). The third-order valence-electron chi connectivity index (χ3n) is 1.94. The van der Waals surface area contributed by atoms with E-state index in [4.69, 9.17) is 0 Å². The van der Waals surface area contributed by atoms with Crippen molar-refractivity contribution >= 4 is 11.8 Å². The zero-order valence-electron chi connectivity index (χ0n) is 5.84. The lowest BCUT2D eigenvalue weighted by Crippen LogP contribution is -2.39. The fourth-order valence-electron chi connectivity index (χ4n) is 1.41. The molecule has 3 heteroatoms. The van der Waals surface area contributed by atoms with Crippen molar-refractivity contribution in [1.82, 2.24) is 10.6 Å². The standard InChI is InChI=1S/C7H12N2S/c1-2-6(10-5-1)7-8-3-4-9-7/h1,5-9H,2-4H2. The van der Waals surface area contributed by atoms with E-state index in [1.54, 1.807) is 0 Å². The molecule has 0 aliphatic carbocycles. The van der Waals surface area contributed by atoms with Gasteiger partial charge < -0.3 is 0 Å². The van der Waals surface area contributed by atoms with Crippen molar-refractivity contribution in [3.8, 4) is 0 Å². The molecule has 56 valence electrons. The molecule has 1 saturated heterocycles. The van der Waals surface area contributed by atoms with Crippen molar-refractivity contribution in [3.63, 3.8) is 0 Å². The van der Waals surface area contributed by atoms with Crippen LogP contribution in [0, 0.1) is 0 Å². The van der Waals surface area contributed by atoms with E-state index >= 15 is 0 Å². The van der Waals surface area contributed by atoms with Crippen LogP contribution < -0.4 is 10.6 Å². The summed E-state index contributed by atoms with van der Waals surface area (Å²) in [5.74, 6) is 0. The summed E-state index contributed by atoms with van der Waals surface area (Å²) in [6.45, 7) is 2.25. The molecule has 2 N–H and O–H groups in total. The van der Waals surface area contributed by atoms with Gasteiger partial charge in [0.05, 0.1) is 6.17 Å². The van der Waals surface area contributed by atoms with Crippen LogP contribution in [0.4, 0.5) is 0 Å². The normalized spacial score (nSPS) is 33.8. The summed E-state index contributed by atoms with van der Waals surface area (Å²) in [7, 11) is 0. The van der Waals surface area contributed by atoms with E-state index in [1.807, 2.05) is 11.8 Å². The zero-order chi connectivity index (χ0) is 6.81. The SMILES string of the molecule is C1=CSC(C2NCCN2)C1. The van der Waals surface area contributed by atoms with Gasteiger partial charge >= 0.3 is 0 Å². The number of rotatable bonds is 1. The molecule has 2 aliphatic heterocycles. The topological polar surface area (TPSA) is 24.1 Å². The predicted octanol–water partition coefficient (Wildman–Crippen LogP) is 0.524. The Morgan fingerprint density at radius 2 is 2.10 bits per heavy atom. The van der Waals surface area contributed by atoms with E-state index in [1.165, 1.54) is 6.42 Å². The fraction of sp³-hybridized carbons (Fsp3) is 0.714. The minimum atomic E-state index is 0.556. The van der Waals surface area contributed by atoms with Crippen LogP contribution in [-0.4, -0.2) is 24.5 Å². The van der Waals surface area contributed by atoms with E-state index < -0.39 is 0 Å². The second-order valence-corrected chi connectivity index (χ2v) is 3.82. The molecule has 10 heavy (non-hydrogen) atoms. The van der Waals surface area contributed by atoms with Crippen molar-refractivity contribution < 1.29 is 0 Å². The number of hydrogen-bond acceptors (Lipinski definition) is 3. The Labute approximate surface area is 65.5 Å². The summed E-state index contributed by atoms with van der Waals surface area (Å²) in [5, 5.41) is 9.79. The molecule has 0 aromatic heterocycles. The van der Waals surface area contributed by atoms with Crippen LogP contribution >= 0.6 is 11.8 Å². The van der Waals surface area contributed by atoms with Crippen LogP contribution in [0.1, 0.15) is 6.42 Å². The molecular weight excluding hydrogens is 144 g/mol. The van der Waals surface area contributed by atoms with Gasteiger partial charge in [-0.15, -0.1) is 11.8 Å². The summed E-state index contributed by atoms with van der Waals surface area (Å²) in [4.78, 5) is 0. The Morgan fingerprint density at radius 3 is 2.70 bits per heavy atom. The second-order valence-electron chi connectivity index (χ2n) is 2.67. The lowest BCUT2D eigenvalue weighted by molar-refractivity contribution is 0.534. The van der Waals surface area contributed by atoms with Crippen molar-refractivity contribution in [3.05, 3.63) is 11.5 Å². The first-order valence-corrected chi connectivity index (χ1v) is 4.68. The van der Waals surface area contributed by atoms with Crippen LogP contribution in [0.3, 0.4) is 0 Å². The molecule has 0 spiro atoms. The first-order valence-electron chi connectivity index (χ1n) is 3.74. The molecular formula is C7H12N2S. The van der Waals surface area contributed by atoms with Crippen molar-refractivity contribution in [2.45, 2.75) is 17.8 Å². The second kappa shape index (κ2) is 2.95. The molecule has 2 heterocycles. The highest BCUT2D eigenvalue weighted by molar-refractivity contribution is 8.03. The highest BCUT2D eigenvalue weighted by Gasteiger charge is 2.24. The smallest absolute Gasteiger partial charge is 0.0701 e. The Balaban J connectivity index is 1.87. The van der Waals surface area contributed by atoms with E-state index in [0.717, 1.165) is 18.3 Å². The van der Waals surface area contributed by atoms with Crippen LogP contribution in [-0.2, 0) is 0 Å².